The molecule has 17 heavy (non-hydrogen) atoms. The first-order chi connectivity index (χ1) is 8.04. The second kappa shape index (κ2) is 6.59. The molecule has 0 aromatic rings. The molecule has 2 atom stereocenters. The molecule has 1 amide bonds. The lowest BCUT2D eigenvalue weighted by atomic mass is 9.92. The van der Waals surface area contributed by atoms with Gasteiger partial charge in [0.1, 0.15) is 0 Å². The number of carboxylic acid groups (broad SMARTS) is 1. The predicted molar refractivity (Wildman–Crippen MR) is 64.7 cm³/mol. The number of carbonyl (C=O) groups excluding carboxylic acids is 1. The summed E-state index contributed by atoms with van der Waals surface area (Å²) in [4.78, 5) is 24.2. The minimum Gasteiger partial charge on any atom is -0.481 e. The van der Waals surface area contributed by atoms with Gasteiger partial charge in [0.25, 0.3) is 0 Å². The van der Waals surface area contributed by atoms with Gasteiger partial charge < -0.3 is 10.4 Å². The van der Waals surface area contributed by atoms with Crippen LogP contribution in [-0.2, 0) is 9.59 Å². The molecule has 5 heteroatoms. The fourth-order valence-electron chi connectivity index (χ4n) is 2.39. The van der Waals surface area contributed by atoms with Crippen molar-refractivity contribution < 1.29 is 14.7 Å². The van der Waals surface area contributed by atoms with Gasteiger partial charge in [0.2, 0.25) is 5.91 Å². The maximum atomic E-state index is 11.5. The van der Waals surface area contributed by atoms with E-state index in [1.165, 1.54) is 0 Å². The average molecular weight is 242 g/mol. The summed E-state index contributed by atoms with van der Waals surface area (Å²) in [5, 5.41) is 11.3. The van der Waals surface area contributed by atoms with Crippen molar-refractivity contribution in [1.29, 1.82) is 0 Å². The Kier molecular flexibility index (Phi) is 5.41. The van der Waals surface area contributed by atoms with Crippen molar-refractivity contribution in [3.63, 3.8) is 0 Å². The molecule has 2 N–H and O–H groups in total. The Morgan fingerprint density at radius 3 is 2.82 bits per heavy atom. The van der Waals surface area contributed by atoms with Crippen LogP contribution in [0.15, 0.2) is 0 Å². The van der Waals surface area contributed by atoms with Crippen molar-refractivity contribution in [3.8, 4) is 0 Å². The fraction of sp³-hybridized carbons (Fsp3) is 0.833. The van der Waals surface area contributed by atoms with Gasteiger partial charge in [0.05, 0.1) is 6.04 Å². The van der Waals surface area contributed by atoms with E-state index >= 15 is 0 Å². The van der Waals surface area contributed by atoms with Gasteiger partial charge in [0.15, 0.2) is 0 Å². The van der Waals surface area contributed by atoms with Gasteiger partial charge in [-0.3, -0.25) is 14.5 Å². The number of hydrogen-bond donors (Lipinski definition) is 2. The zero-order valence-corrected chi connectivity index (χ0v) is 10.6. The summed E-state index contributed by atoms with van der Waals surface area (Å²) < 4.78 is 0. The first-order valence-corrected chi connectivity index (χ1v) is 6.22. The zero-order chi connectivity index (χ0) is 12.8. The van der Waals surface area contributed by atoms with Gasteiger partial charge in [-0.05, 0) is 38.6 Å². The molecule has 1 aliphatic rings. The highest BCUT2D eigenvalue weighted by atomic mass is 16.4. The Bertz CT molecular complexity index is 281. The van der Waals surface area contributed by atoms with Crippen LogP contribution in [0, 0.1) is 5.92 Å². The van der Waals surface area contributed by atoms with E-state index in [1.54, 1.807) is 7.05 Å². The Balaban J connectivity index is 2.42. The van der Waals surface area contributed by atoms with Crippen LogP contribution in [0.5, 0.6) is 0 Å². The first-order valence-electron chi connectivity index (χ1n) is 6.22. The van der Waals surface area contributed by atoms with E-state index in [0.717, 1.165) is 25.9 Å². The van der Waals surface area contributed by atoms with Crippen LogP contribution < -0.4 is 5.32 Å². The number of carboxylic acids is 1. The van der Waals surface area contributed by atoms with Gasteiger partial charge in [-0.1, -0.05) is 0 Å². The van der Waals surface area contributed by atoms with Gasteiger partial charge in [-0.25, -0.2) is 0 Å². The SMILES string of the molecule is CNC(=O)C(C)N1CCCC(CCC(=O)O)C1. The van der Waals surface area contributed by atoms with Crippen molar-refractivity contribution in [1.82, 2.24) is 10.2 Å². The maximum Gasteiger partial charge on any atom is 0.303 e. The Hall–Kier alpha value is -1.10. The number of rotatable bonds is 5. The van der Waals surface area contributed by atoms with E-state index in [1.807, 2.05) is 6.92 Å². The molecular formula is C12H22N2O3. The number of nitrogens with zero attached hydrogens (tertiary/aromatic N) is 1. The second-order valence-corrected chi connectivity index (χ2v) is 4.73. The number of hydrogen-bond acceptors (Lipinski definition) is 3. The molecule has 2 unspecified atom stereocenters. The highest BCUT2D eigenvalue weighted by Gasteiger charge is 2.26. The molecule has 1 aliphatic heterocycles. The van der Waals surface area contributed by atoms with Crippen molar-refractivity contribution in [2.75, 3.05) is 20.1 Å². The zero-order valence-electron chi connectivity index (χ0n) is 10.6. The number of carbonyl (C=O) groups is 2. The molecule has 1 saturated heterocycles. The molecule has 0 radical (unpaired) electrons. The third kappa shape index (κ3) is 4.34. The third-order valence-electron chi connectivity index (χ3n) is 3.49. The number of amides is 1. The molecule has 1 heterocycles. The second-order valence-electron chi connectivity index (χ2n) is 4.73. The molecule has 0 aromatic heterocycles. The highest BCUT2D eigenvalue weighted by Crippen LogP contribution is 2.22. The van der Waals surface area contributed by atoms with E-state index in [4.69, 9.17) is 5.11 Å². The minimum atomic E-state index is -0.735. The lowest BCUT2D eigenvalue weighted by Crippen LogP contribution is -2.48. The van der Waals surface area contributed by atoms with Gasteiger partial charge in [-0.15, -0.1) is 0 Å². The lowest BCUT2D eigenvalue weighted by Gasteiger charge is -2.35. The first kappa shape index (κ1) is 14.0. The lowest BCUT2D eigenvalue weighted by molar-refractivity contribution is -0.137. The number of aliphatic carboxylic acids is 1. The van der Waals surface area contributed by atoms with E-state index in [0.29, 0.717) is 12.3 Å². The summed E-state index contributed by atoms with van der Waals surface area (Å²) in [5.41, 5.74) is 0. The maximum absolute atomic E-state index is 11.5. The monoisotopic (exact) mass is 242 g/mol. The number of likely N-dealkylation sites (tertiary alicyclic amines) is 1. The number of nitrogens with one attached hydrogen (secondary N) is 1. The minimum absolute atomic E-state index is 0.0314. The summed E-state index contributed by atoms with van der Waals surface area (Å²) in [6, 6.07) is -0.118. The number of likely N-dealkylation sites (N-methyl/N-ethyl adjacent to an activating group) is 1. The summed E-state index contributed by atoms with van der Waals surface area (Å²) in [5.74, 6) is -0.294. The molecule has 98 valence electrons. The molecule has 1 fully saturated rings. The summed E-state index contributed by atoms with van der Waals surface area (Å²) >= 11 is 0. The topological polar surface area (TPSA) is 69.6 Å². The normalized spacial score (nSPS) is 23.1. The van der Waals surface area contributed by atoms with Crippen molar-refractivity contribution >= 4 is 11.9 Å². The van der Waals surface area contributed by atoms with Crippen LogP contribution in [-0.4, -0.2) is 48.1 Å². The van der Waals surface area contributed by atoms with Crippen LogP contribution in [0.25, 0.3) is 0 Å². The highest BCUT2D eigenvalue weighted by molar-refractivity contribution is 5.80. The fourth-order valence-corrected chi connectivity index (χ4v) is 2.39. The number of piperidine rings is 1. The summed E-state index contributed by atoms with van der Waals surface area (Å²) in [6.45, 7) is 3.67. The van der Waals surface area contributed by atoms with Crippen molar-refractivity contribution in [2.24, 2.45) is 5.92 Å². The van der Waals surface area contributed by atoms with Crippen LogP contribution in [0.4, 0.5) is 0 Å². The molecule has 0 aromatic carbocycles. The van der Waals surface area contributed by atoms with Crippen molar-refractivity contribution in [2.45, 2.75) is 38.6 Å². The Morgan fingerprint density at radius 2 is 2.24 bits per heavy atom. The molecule has 0 aliphatic carbocycles. The molecule has 1 rings (SSSR count). The van der Waals surface area contributed by atoms with Crippen LogP contribution in [0.3, 0.4) is 0 Å². The van der Waals surface area contributed by atoms with E-state index < -0.39 is 5.97 Å². The predicted octanol–water partition coefficient (Wildman–Crippen LogP) is 0.698. The largest absolute Gasteiger partial charge is 0.481 e. The van der Waals surface area contributed by atoms with Crippen LogP contribution in [0.2, 0.25) is 0 Å². The van der Waals surface area contributed by atoms with Crippen LogP contribution >= 0.6 is 0 Å². The third-order valence-corrected chi connectivity index (χ3v) is 3.49. The molecular weight excluding hydrogens is 220 g/mol. The van der Waals surface area contributed by atoms with Gasteiger partial charge in [-0.2, -0.15) is 0 Å². The van der Waals surface area contributed by atoms with Crippen molar-refractivity contribution in [3.05, 3.63) is 0 Å². The summed E-state index contributed by atoms with van der Waals surface area (Å²) in [6.07, 6.45) is 3.06. The quantitative estimate of drug-likeness (QED) is 0.744. The molecule has 5 nitrogen and oxygen atoms in total. The molecule has 0 bridgehead atoms. The van der Waals surface area contributed by atoms with E-state index in [2.05, 4.69) is 10.2 Å². The summed E-state index contributed by atoms with van der Waals surface area (Å²) in [7, 11) is 1.64. The standard InChI is InChI=1S/C12H22N2O3/c1-9(12(17)13-2)14-7-3-4-10(8-14)5-6-11(15)16/h9-10H,3-8H2,1-2H3,(H,13,17)(H,15,16). The van der Waals surface area contributed by atoms with Crippen LogP contribution in [0.1, 0.15) is 32.6 Å². The smallest absolute Gasteiger partial charge is 0.303 e. The van der Waals surface area contributed by atoms with Gasteiger partial charge >= 0.3 is 5.97 Å². The Labute approximate surface area is 102 Å². The van der Waals surface area contributed by atoms with Gasteiger partial charge in [0, 0.05) is 20.0 Å². The molecule has 0 spiro atoms. The average Bonchev–Trinajstić information content (AvgIpc) is 2.34. The van der Waals surface area contributed by atoms with E-state index in [9.17, 15) is 9.59 Å². The van der Waals surface area contributed by atoms with E-state index in [-0.39, 0.29) is 18.4 Å². The Morgan fingerprint density at radius 1 is 1.53 bits per heavy atom. The molecule has 0 saturated carbocycles.